The van der Waals surface area contributed by atoms with Gasteiger partial charge < -0.3 is 25.8 Å². The minimum Gasteiger partial charge on any atom is -0.479 e. The number of halogens is 1. The van der Waals surface area contributed by atoms with Crippen LogP contribution < -0.4 is 5.73 Å². The average molecular weight is 543 g/mol. The molecule has 9 nitrogen and oxygen atoms in total. The Kier molecular flexibility index (Phi) is 10.0. The van der Waals surface area contributed by atoms with Crippen LogP contribution in [0, 0.1) is 0 Å². The van der Waals surface area contributed by atoms with E-state index < -0.39 is 35.5 Å². The highest BCUT2D eigenvalue weighted by Crippen LogP contribution is 2.32. The van der Waals surface area contributed by atoms with Gasteiger partial charge in [-0.3, -0.25) is 9.69 Å². The number of nitrogen functional groups attached to an aromatic ring is 1. The van der Waals surface area contributed by atoms with E-state index in [0.29, 0.717) is 34.7 Å². The van der Waals surface area contributed by atoms with Crippen molar-refractivity contribution in [1.29, 1.82) is 0 Å². The third-order valence-electron chi connectivity index (χ3n) is 6.52. The third kappa shape index (κ3) is 6.16. The lowest BCUT2D eigenvalue weighted by atomic mass is 9.86. The van der Waals surface area contributed by atoms with Crippen molar-refractivity contribution in [2.75, 3.05) is 12.3 Å². The van der Waals surface area contributed by atoms with Crippen molar-refractivity contribution in [3.05, 3.63) is 27.7 Å². The first-order valence-electron chi connectivity index (χ1n) is 11.7. The van der Waals surface area contributed by atoms with Crippen molar-refractivity contribution in [2.45, 2.75) is 89.7 Å². The summed E-state index contributed by atoms with van der Waals surface area (Å²) in [5, 5.41) is 30.4. The van der Waals surface area contributed by atoms with Crippen LogP contribution in [0.5, 0.6) is 0 Å². The zero-order chi connectivity index (χ0) is 25.6. The number of nitrogens with two attached hydrogens (primary N) is 1. The Morgan fingerprint density at radius 1 is 1.24 bits per heavy atom. The van der Waals surface area contributed by atoms with Crippen LogP contribution in [0.25, 0.3) is 0 Å². The lowest BCUT2D eigenvalue weighted by Crippen LogP contribution is -2.60. The van der Waals surface area contributed by atoms with Crippen molar-refractivity contribution in [1.82, 2.24) is 4.90 Å². The van der Waals surface area contributed by atoms with Crippen LogP contribution >= 0.6 is 15.9 Å². The summed E-state index contributed by atoms with van der Waals surface area (Å²) in [5.41, 5.74) is 3.76. The molecule has 0 aliphatic heterocycles. The Morgan fingerprint density at radius 2 is 1.85 bits per heavy atom. The largest absolute Gasteiger partial charge is 0.479 e. The lowest BCUT2D eigenvalue weighted by Gasteiger charge is -2.34. The number of carboxylic acid groups (broad SMARTS) is 1. The highest BCUT2D eigenvalue weighted by atomic mass is 79.9. The summed E-state index contributed by atoms with van der Waals surface area (Å²) >= 11 is 3.32. The number of hydrogen-bond donors (Lipinski definition) is 4. The Balaban J connectivity index is 2.46. The first-order valence-corrected chi connectivity index (χ1v) is 12.5. The van der Waals surface area contributed by atoms with Crippen LogP contribution in [0.2, 0.25) is 0 Å². The predicted molar refractivity (Wildman–Crippen MR) is 130 cm³/mol. The van der Waals surface area contributed by atoms with E-state index in [1.807, 2.05) is 6.92 Å². The first kappa shape index (κ1) is 28.2. The first-order chi connectivity index (χ1) is 16.0. The van der Waals surface area contributed by atoms with Crippen LogP contribution in [0.1, 0.15) is 75.2 Å². The molecule has 190 valence electrons. The molecule has 0 spiro atoms. The highest BCUT2D eigenvalue weighted by Gasteiger charge is 2.56. The van der Waals surface area contributed by atoms with Gasteiger partial charge in [-0.05, 0) is 66.4 Å². The number of hydrogen-bond acceptors (Lipinski definition) is 8. The number of aliphatic hydroxyl groups is 2. The fourth-order valence-corrected chi connectivity index (χ4v) is 4.69. The van der Waals surface area contributed by atoms with Gasteiger partial charge in [0.1, 0.15) is 0 Å². The van der Waals surface area contributed by atoms with E-state index >= 15 is 0 Å². The van der Waals surface area contributed by atoms with E-state index in [-0.39, 0.29) is 5.56 Å². The predicted octanol–water partition coefficient (Wildman–Crippen LogP) is 2.89. The van der Waals surface area contributed by atoms with Crippen molar-refractivity contribution in [3.63, 3.8) is 0 Å². The van der Waals surface area contributed by atoms with Gasteiger partial charge >= 0.3 is 11.9 Å². The molecule has 3 atom stereocenters. The number of carbonyl (C=O) groups excluding carboxylic acids is 2. The summed E-state index contributed by atoms with van der Waals surface area (Å²) in [6.07, 6.45) is 2.60. The molecule has 0 saturated heterocycles. The number of aliphatic carboxylic acids is 1. The van der Waals surface area contributed by atoms with Gasteiger partial charge in [-0.15, -0.1) is 0 Å². The zero-order valence-corrected chi connectivity index (χ0v) is 21.5. The molecular weight excluding hydrogens is 508 g/mol. The summed E-state index contributed by atoms with van der Waals surface area (Å²) in [5.74, 6) is -4.73. The van der Waals surface area contributed by atoms with Crippen molar-refractivity contribution >= 4 is 39.3 Å². The molecule has 5 N–H and O–H groups in total. The van der Waals surface area contributed by atoms with Crippen LogP contribution in [0.15, 0.2) is 16.6 Å². The number of esters is 1. The number of rotatable bonds is 11. The molecule has 10 heteroatoms. The minimum absolute atomic E-state index is 0.167. The molecule has 0 radical (unpaired) electrons. The normalized spacial score (nSPS) is 18.2. The molecule has 0 amide bonds. The molecule has 1 aliphatic carbocycles. The Morgan fingerprint density at radius 3 is 2.38 bits per heavy atom. The summed E-state index contributed by atoms with van der Waals surface area (Å²) in [6.45, 7) is 6.48. The second-order valence-electron chi connectivity index (χ2n) is 8.85. The quantitative estimate of drug-likeness (QED) is 0.143. The number of ketones is 1. The maximum absolute atomic E-state index is 13.3. The molecule has 0 heterocycles. The third-order valence-corrected chi connectivity index (χ3v) is 7.17. The Hall–Kier alpha value is -2.01. The summed E-state index contributed by atoms with van der Waals surface area (Å²) in [4.78, 5) is 39.8. The van der Waals surface area contributed by atoms with E-state index in [0.717, 1.165) is 32.2 Å². The van der Waals surface area contributed by atoms with Crippen LogP contribution in [-0.4, -0.2) is 68.3 Å². The molecule has 0 bridgehead atoms. The highest BCUT2D eigenvalue weighted by molar-refractivity contribution is 9.10. The number of benzene rings is 1. The number of aliphatic hydroxyl groups excluding tert-OH is 1. The summed E-state index contributed by atoms with van der Waals surface area (Å²) < 4.78 is 5.40. The van der Waals surface area contributed by atoms with Crippen LogP contribution in [-0.2, 0) is 20.9 Å². The second-order valence-corrected chi connectivity index (χ2v) is 9.70. The average Bonchev–Trinajstić information content (AvgIpc) is 2.83. The van der Waals surface area contributed by atoms with Crippen LogP contribution in [0.3, 0.4) is 0 Å². The lowest BCUT2D eigenvalue weighted by molar-refractivity contribution is -0.183. The van der Waals surface area contributed by atoms with Gasteiger partial charge in [0.15, 0.2) is 6.10 Å². The zero-order valence-electron chi connectivity index (χ0n) is 19.9. The van der Waals surface area contributed by atoms with E-state index in [4.69, 9.17) is 10.5 Å². The van der Waals surface area contributed by atoms with E-state index in [2.05, 4.69) is 20.8 Å². The topological polar surface area (TPSA) is 150 Å². The van der Waals surface area contributed by atoms with Gasteiger partial charge in [-0.2, -0.15) is 0 Å². The van der Waals surface area contributed by atoms with E-state index in [1.54, 1.807) is 6.92 Å². The molecule has 34 heavy (non-hydrogen) atoms. The monoisotopic (exact) mass is 542 g/mol. The molecule has 1 aromatic rings. The number of carboxylic acids is 1. The number of nitrogens with zero attached hydrogens (tertiary/aromatic N) is 1. The molecule has 1 aliphatic rings. The van der Waals surface area contributed by atoms with Gasteiger partial charge in [-0.25, -0.2) is 9.59 Å². The molecule has 2 rings (SSSR count). The molecule has 1 saturated carbocycles. The smallest absolute Gasteiger partial charge is 0.350 e. The molecule has 0 aromatic heterocycles. The Bertz CT molecular complexity index is 904. The fraction of sp³-hybridized carbons (Fsp3) is 0.625. The minimum atomic E-state index is -3.32. The SMILES string of the molecule is CCC(C)OC(=O)C(O)(C(=O)c1cc(Br)c(N)c(CN(CC)C2CCCCC2)c1)C(O)C(=O)O. The van der Waals surface area contributed by atoms with Gasteiger partial charge in [0, 0.05) is 22.6 Å². The maximum Gasteiger partial charge on any atom is 0.350 e. The fourth-order valence-electron chi connectivity index (χ4n) is 4.18. The number of Topliss-reactive ketones (excluding diaryl/α,β-unsaturated/α-hetero) is 1. The molecular formula is C24H35BrN2O7. The van der Waals surface area contributed by atoms with Crippen molar-refractivity contribution in [2.24, 2.45) is 0 Å². The summed E-state index contributed by atoms with van der Waals surface area (Å²) in [6, 6.07) is 3.12. The Labute approximate surface area is 208 Å². The van der Waals surface area contributed by atoms with Crippen molar-refractivity contribution in [3.8, 4) is 0 Å². The van der Waals surface area contributed by atoms with Crippen molar-refractivity contribution < 1.29 is 34.4 Å². The number of ether oxygens (including phenoxy) is 1. The maximum atomic E-state index is 13.3. The second kappa shape index (κ2) is 12.1. The van der Waals surface area contributed by atoms with Gasteiger partial charge in [0.2, 0.25) is 5.78 Å². The van der Waals surface area contributed by atoms with E-state index in [1.165, 1.54) is 25.5 Å². The molecule has 1 aromatic carbocycles. The number of carbonyl (C=O) groups is 3. The van der Waals surface area contributed by atoms with Gasteiger partial charge in [0.05, 0.1) is 11.8 Å². The van der Waals surface area contributed by atoms with Gasteiger partial charge in [0.25, 0.3) is 5.60 Å². The molecule has 3 unspecified atom stereocenters. The standard InChI is InChI=1S/C24H35BrN2O7/c1-4-14(3)34-23(32)24(33,21(29)22(30)31)20(28)15-11-16(19(26)18(25)12-15)13-27(5-2)17-9-7-6-8-10-17/h11-12,14,17,21,29,33H,4-10,13,26H2,1-3H3,(H,30,31). The molecule has 1 fully saturated rings. The van der Waals surface area contributed by atoms with Gasteiger partial charge in [-0.1, -0.05) is 33.1 Å². The van der Waals surface area contributed by atoms with Crippen LogP contribution in [0.4, 0.5) is 5.69 Å². The summed E-state index contributed by atoms with van der Waals surface area (Å²) in [7, 11) is 0. The van der Waals surface area contributed by atoms with E-state index in [9.17, 15) is 29.7 Å². The number of anilines is 1.